The molecule has 0 aliphatic heterocycles. The molecule has 10 heteroatoms. The summed E-state index contributed by atoms with van der Waals surface area (Å²) in [6.45, 7) is 8.80. The van der Waals surface area contributed by atoms with Gasteiger partial charge in [-0.1, -0.05) is 19.6 Å². The SMILES string of the molecule is C=Cc1cc(O)c(C(=O)OC)c(C(=O)OC)c1C.CCc1cc(O)c(C(=O)OC)c(C(=O)OC)c1C. The number of carbonyl (C=O) groups excluding carboxylic acids is 4. The first-order valence-electron chi connectivity index (χ1n) is 10.6. The number of phenols is 2. The molecule has 0 aromatic heterocycles. The highest BCUT2D eigenvalue weighted by atomic mass is 16.5. The molecule has 2 rings (SSSR count). The Morgan fingerprint density at radius 2 is 1.08 bits per heavy atom. The molecule has 0 bridgehead atoms. The van der Waals surface area contributed by atoms with Gasteiger partial charge in [0.25, 0.3) is 0 Å². The van der Waals surface area contributed by atoms with Crippen LogP contribution >= 0.6 is 0 Å². The van der Waals surface area contributed by atoms with Crippen molar-refractivity contribution in [3.63, 3.8) is 0 Å². The van der Waals surface area contributed by atoms with Crippen LogP contribution in [0.25, 0.3) is 6.08 Å². The number of methoxy groups -OCH3 is 4. The zero-order valence-electron chi connectivity index (χ0n) is 21.3. The van der Waals surface area contributed by atoms with E-state index in [1.54, 1.807) is 13.8 Å². The fraction of sp³-hybridized carbons (Fsp3) is 0.308. The molecule has 0 aliphatic rings. The lowest BCUT2D eigenvalue weighted by Crippen LogP contribution is -2.15. The van der Waals surface area contributed by atoms with E-state index in [0.717, 1.165) is 5.56 Å². The minimum Gasteiger partial charge on any atom is -0.507 e. The molecule has 0 saturated heterocycles. The summed E-state index contributed by atoms with van der Waals surface area (Å²) in [6, 6.07) is 2.81. The second-order valence-corrected chi connectivity index (χ2v) is 7.31. The van der Waals surface area contributed by atoms with E-state index < -0.39 is 23.9 Å². The average Bonchev–Trinajstić information content (AvgIpc) is 2.88. The number of aryl methyl sites for hydroxylation is 1. The Morgan fingerprint density at radius 3 is 1.44 bits per heavy atom. The first-order chi connectivity index (χ1) is 16.9. The quantitative estimate of drug-likeness (QED) is 0.442. The highest BCUT2D eigenvalue weighted by molar-refractivity contribution is 6.07. The zero-order valence-corrected chi connectivity index (χ0v) is 21.3. The van der Waals surface area contributed by atoms with Gasteiger partial charge in [-0.25, -0.2) is 19.2 Å². The maximum absolute atomic E-state index is 11.8. The van der Waals surface area contributed by atoms with Crippen molar-refractivity contribution in [3.05, 3.63) is 63.2 Å². The van der Waals surface area contributed by atoms with E-state index in [4.69, 9.17) is 0 Å². The predicted molar refractivity (Wildman–Crippen MR) is 131 cm³/mol. The van der Waals surface area contributed by atoms with Gasteiger partial charge in [-0.05, 0) is 54.7 Å². The van der Waals surface area contributed by atoms with Gasteiger partial charge in [-0.15, -0.1) is 0 Å². The summed E-state index contributed by atoms with van der Waals surface area (Å²) in [5.41, 5.74) is 2.12. The molecule has 0 unspecified atom stereocenters. The number of esters is 4. The van der Waals surface area contributed by atoms with Crippen molar-refractivity contribution in [2.75, 3.05) is 28.4 Å². The van der Waals surface area contributed by atoms with Crippen molar-refractivity contribution >= 4 is 30.0 Å². The van der Waals surface area contributed by atoms with Crippen molar-refractivity contribution in [1.82, 2.24) is 0 Å². The molecule has 36 heavy (non-hydrogen) atoms. The van der Waals surface area contributed by atoms with Crippen molar-refractivity contribution < 1.29 is 48.3 Å². The second kappa shape index (κ2) is 12.9. The minimum absolute atomic E-state index is 0.0146. The van der Waals surface area contributed by atoms with Crippen molar-refractivity contribution in [3.8, 4) is 11.5 Å². The molecule has 0 heterocycles. The van der Waals surface area contributed by atoms with E-state index in [-0.39, 0.29) is 33.8 Å². The third-order valence-electron chi connectivity index (χ3n) is 5.44. The first-order valence-corrected chi connectivity index (χ1v) is 10.6. The number of phenolic OH excluding ortho intramolecular Hbond substituents is 2. The van der Waals surface area contributed by atoms with Gasteiger partial charge in [0.1, 0.15) is 22.6 Å². The summed E-state index contributed by atoms with van der Waals surface area (Å²) in [5, 5.41) is 19.7. The van der Waals surface area contributed by atoms with E-state index in [9.17, 15) is 29.4 Å². The van der Waals surface area contributed by atoms with Crippen LogP contribution in [0.15, 0.2) is 18.7 Å². The van der Waals surface area contributed by atoms with Crippen LogP contribution in [0, 0.1) is 13.8 Å². The molecule has 0 atom stereocenters. The fourth-order valence-electron chi connectivity index (χ4n) is 3.52. The highest BCUT2D eigenvalue weighted by Gasteiger charge is 2.27. The van der Waals surface area contributed by atoms with Crippen LogP contribution in [-0.4, -0.2) is 62.5 Å². The molecule has 2 aromatic rings. The standard InChI is InChI=1S/C13H16O5.C13H14O5/c2*1-5-8-6-9(14)11(13(16)18-4)10(7(8)2)12(15)17-3/h6,14H,5H2,1-4H3;5-6,14H,1H2,2-4H3. The Kier molecular flexibility index (Phi) is 10.7. The van der Waals surface area contributed by atoms with Crippen LogP contribution in [-0.2, 0) is 25.4 Å². The summed E-state index contributed by atoms with van der Waals surface area (Å²) in [6.07, 6.45) is 2.10. The molecule has 0 saturated carbocycles. The monoisotopic (exact) mass is 502 g/mol. The maximum atomic E-state index is 11.8. The van der Waals surface area contributed by atoms with Gasteiger partial charge < -0.3 is 29.2 Å². The van der Waals surface area contributed by atoms with Gasteiger partial charge in [0.15, 0.2) is 0 Å². The normalized spacial score (nSPS) is 9.86. The minimum atomic E-state index is -0.799. The number of ether oxygens (including phenoxy) is 4. The maximum Gasteiger partial charge on any atom is 0.342 e. The van der Waals surface area contributed by atoms with Gasteiger partial charge in [-0.2, -0.15) is 0 Å². The van der Waals surface area contributed by atoms with Crippen molar-refractivity contribution in [2.24, 2.45) is 0 Å². The lowest BCUT2D eigenvalue weighted by molar-refractivity contribution is 0.0551. The number of carbonyl (C=O) groups is 4. The van der Waals surface area contributed by atoms with E-state index in [0.29, 0.717) is 23.1 Å². The number of rotatable bonds is 6. The first kappa shape index (κ1) is 29.7. The molecule has 0 spiro atoms. The Morgan fingerprint density at radius 1 is 0.722 bits per heavy atom. The van der Waals surface area contributed by atoms with Crippen LogP contribution in [0.1, 0.15) is 70.6 Å². The smallest absolute Gasteiger partial charge is 0.342 e. The second-order valence-electron chi connectivity index (χ2n) is 7.31. The van der Waals surface area contributed by atoms with Gasteiger partial charge in [0, 0.05) is 0 Å². The van der Waals surface area contributed by atoms with Gasteiger partial charge in [-0.3, -0.25) is 0 Å². The van der Waals surface area contributed by atoms with Crippen molar-refractivity contribution in [1.29, 1.82) is 0 Å². The van der Waals surface area contributed by atoms with Gasteiger partial charge >= 0.3 is 23.9 Å². The van der Waals surface area contributed by atoms with Gasteiger partial charge in [0.05, 0.1) is 39.6 Å². The topological polar surface area (TPSA) is 146 Å². The number of hydrogen-bond acceptors (Lipinski definition) is 10. The molecular formula is C26H30O10. The van der Waals surface area contributed by atoms with E-state index in [2.05, 4.69) is 25.5 Å². The lowest BCUT2D eigenvalue weighted by Gasteiger charge is -2.14. The summed E-state index contributed by atoms with van der Waals surface area (Å²) >= 11 is 0. The van der Waals surface area contributed by atoms with Gasteiger partial charge in [0.2, 0.25) is 0 Å². The third-order valence-corrected chi connectivity index (χ3v) is 5.44. The number of aromatic hydroxyl groups is 2. The molecule has 2 N–H and O–H groups in total. The third kappa shape index (κ3) is 6.01. The summed E-state index contributed by atoms with van der Waals surface area (Å²) in [7, 11) is 4.77. The average molecular weight is 503 g/mol. The summed E-state index contributed by atoms with van der Waals surface area (Å²) in [4.78, 5) is 46.7. The highest BCUT2D eigenvalue weighted by Crippen LogP contribution is 2.31. The van der Waals surface area contributed by atoms with E-state index >= 15 is 0 Å². The van der Waals surface area contributed by atoms with Crippen LogP contribution < -0.4 is 0 Å². The summed E-state index contributed by atoms with van der Waals surface area (Å²) in [5.74, 6) is -3.57. The molecule has 10 nitrogen and oxygen atoms in total. The number of hydrogen-bond donors (Lipinski definition) is 2. The Hall–Kier alpha value is -4.34. The zero-order chi connectivity index (χ0) is 27.7. The largest absolute Gasteiger partial charge is 0.507 e. The number of benzene rings is 2. The fourth-order valence-corrected chi connectivity index (χ4v) is 3.52. The van der Waals surface area contributed by atoms with E-state index in [1.807, 2.05) is 6.92 Å². The Bertz CT molecular complexity index is 1190. The summed E-state index contributed by atoms with van der Waals surface area (Å²) < 4.78 is 18.4. The lowest BCUT2D eigenvalue weighted by atomic mass is 9.94. The Balaban J connectivity index is 0.000000360. The molecule has 0 amide bonds. The van der Waals surface area contributed by atoms with E-state index in [1.165, 1.54) is 46.6 Å². The molecule has 194 valence electrons. The molecule has 0 fully saturated rings. The predicted octanol–water partition coefficient (Wildman–Crippen LogP) is 3.75. The Labute approximate surface area is 209 Å². The molecule has 2 aromatic carbocycles. The molecule has 0 aliphatic carbocycles. The molecular weight excluding hydrogens is 472 g/mol. The van der Waals surface area contributed by atoms with Crippen LogP contribution in [0.5, 0.6) is 11.5 Å². The van der Waals surface area contributed by atoms with Crippen LogP contribution in [0.4, 0.5) is 0 Å². The van der Waals surface area contributed by atoms with Crippen molar-refractivity contribution in [2.45, 2.75) is 27.2 Å². The van der Waals surface area contributed by atoms with Crippen LogP contribution in [0.3, 0.4) is 0 Å². The van der Waals surface area contributed by atoms with Crippen LogP contribution in [0.2, 0.25) is 0 Å². The molecule has 0 radical (unpaired) electrons.